The third kappa shape index (κ3) is 4.39. The molecule has 1 aliphatic carbocycles. The van der Waals surface area contributed by atoms with E-state index in [9.17, 15) is 0 Å². The molecule has 0 heterocycles. The van der Waals surface area contributed by atoms with Crippen LogP contribution in [0.25, 0.3) is 0 Å². The molecule has 2 rings (SSSR count). The smallest absolute Gasteiger partial charge is 0.175 e. The van der Waals surface area contributed by atoms with E-state index in [-0.39, 0.29) is 0 Å². The largest absolute Gasteiger partial charge is 0.490 e. The predicted molar refractivity (Wildman–Crippen MR) is 90.0 cm³/mol. The third-order valence-electron chi connectivity index (χ3n) is 3.71. The number of halogens is 2. The van der Waals surface area contributed by atoms with Crippen LogP contribution < -0.4 is 9.47 Å². The Balaban J connectivity index is 2.08. The van der Waals surface area contributed by atoms with E-state index in [1.165, 1.54) is 37.7 Å². The van der Waals surface area contributed by atoms with Gasteiger partial charge in [-0.3, -0.25) is 0 Å². The van der Waals surface area contributed by atoms with Gasteiger partial charge in [0.1, 0.15) is 0 Å². The lowest BCUT2D eigenvalue weighted by Crippen LogP contribution is -2.15. The second-order valence-corrected chi connectivity index (χ2v) is 6.70. The summed E-state index contributed by atoms with van der Waals surface area (Å²) >= 11 is 7.09. The van der Waals surface area contributed by atoms with Crippen LogP contribution in [0.4, 0.5) is 0 Å². The van der Waals surface area contributed by atoms with E-state index in [4.69, 9.17) is 9.47 Å². The maximum atomic E-state index is 6.07. The van der Waals surface area contributed by atoms with Gasteiger partial charge in [-0.1, -0.05) is 35.2 Å². The van der Waals surface area contributed by atoms with Crippen molar-refractivity contribution in [3.63, 3.8) is 0 Å². The van der Waals surface area contributed by atoms with Gasteiger partial charge in [-0.15, -0.1) is 0 Å². The second kappa shape index (κ2) is 8.28. The Labute approximate surface area is 138 Å². The summed E-state index contributed by atoms with van der Waals surface area (Å²) in [7, 11) is 0. The van der Waals surface area contributed by atoms with Crippen LogP contribution in [0.5, 0.6) is 11.5 Å². The molecule has 4 heteroatoms. The Morgan fingerprint density at radius 1 is 1.15 bits per heavy atom. The zero-order chi connectivity index (χ0) is 14.4. The van der Waals surface area contributed by atoms with Crippen molar-refractivity contribution >= 4 is 31.9 Å². The fourth-order valence-corrected chi connectivity index (χ4v) is 3.58. The van der Waals surface area contributed by atoms with Gasteiger partial charge in [0.2, 0.25) is 0 Å². The first-order valence-electron chi connectivity index (χ1n) is 7.38. The van der Waals surface area contributed by atoms with E-state index in [2.05, 4.69) is 44.0 Å². The summed E-state index contributed by atoms with van der Waals surface area (Å²) < 4.78 is 12.8. The Morgan fingerprint density at radius 2 is 1.90 bits per heavy atom. The highest BCUT2D eigenvalue weighted by atomic mass is 79.9. The average molecular weight is 406 g/mol. The minimum atomic E-state index is 0.651. The van der Waals surface area contributed by atoms with Crippen molar-refractivity contribution < 1.29 is 9.47 Å². The molecule has 1 saturated carbocycles. The van der Waals surface area contributed by atoms with Crippen molar-refractivity contribution in [3.05, 3.63) is 22.2 Å². The minimum absolute atomic E-state index is 0.651. The molecule has 0 radical (unpaired) electrons. The normalized spacial score (nSPS) is 16.1. The van der Waals surface area contributed by atoms with Gasteiger partial charge in [0.25, 0.3) is 0 Å². The zero-order valence-electron chi connectivity index (χ0n) is 12.0. The maximum absolute atomic E-state index is 6.07. The van der Waals surface area contributed by atoms with E-state index >= 15 is 0 Å². The number of rotatable bonds is 6. The first-order chi connectivity index (χ1) is 9.74. The minimum Gasteiger partial charge on any atom is -0.490 e. The van der Waals surface area contributed by atoms with Crippen LogP contribution in [0.15, 0.2) is 16.6 Å². The molecule has 0 bridgehead atoms. The Morgan fingerprint density at radius 3 is 2.55 bits per heavy atom. The van der Waals surface area contributed by atoms with Gasteiger partial charge < -0.3 is 9.47 Å². The van der Waals surface area contributed by atoms with Gasteiger partial charge in [-0.05, 0) is 59.3 Å². The van der Waals surface area contributed by atoms with Crippen LogP contribution in [0.2, 0.25) is 0 Å². The molecule has 20 heavy (non-hydrogen) atoms. The topological polar surface area (TPSA) is 18.5 Å². The van der Waals surface area contributed by atoms with Crippen molar-refractivity contribution in [2.45, 2.75) is 44.4 Å². The van der Waals surface area contributed by atoms with E-state index in [0.717, 1.165) is 27.9 Å². The molecule has 1 fully saturated rings. The Bertz CT molecular complexity index is 429. The number of alkyl halides is 1. The monoisotopic (exact) mass is 404 g/mol. The van der Waals surface area contributed by atoms with E-state index in [1.807, 2.05) is 6.92 Å². The molecule has 0 aliphatic heterocycles. The van der Waals surface area contributed by atoms with Gasteiger partial charge in [0.05, 0.1) is 17.7 Å². The lowest BCUT2D eigenvalue weighted by atomic mass is 9.90. The lowest BCUT2D eigenvalue weighted by molar-refractivity contribution is 0.198. The van der Waals surface area contributed by atoms with Gasteiger partial charge in [-0.25, -0.2) is 0 Å². The lowest BCUT2D eigenvalue weighted by Gasteiger charge is -2.23. The number of hydrogen-bond acceptors (Lipinski definition) is 2. The third-order valence-corrected chi connectivity index (χ3v) is 4.95. The molecule has 0 amide bonds. The highest BCUT2D eigenvalue weighted by Gasteiger charge is 2.17. The van der Waals surface area contributed by atoms with Crippen molar-refractivity contribution in [1.82, 2.24) is 0 Å². The van der Waals surface area contributed by atoms with Crippen LogP contribution in [0.3, 0.4) is 0 Å². The van der Waals surface area contributed by atoms with E-state index < -0.39 is 0 Å². The van der Waals surface area contributed by atoms with Gasteiger partial charge in [0.15, 0.2) is 11.5 Å². The molecule has 2 nitrogen and oxygen atoms in total. The van der Waals surface area contributed by atoms with Crippen LogP contribution in [-0.4, -0.2) is 13.2 Å². The molecule has 0 spiro atoms. The van der Waals surface area contributed by atoms with E-state index in [1.54, 1.807) is 0 Å². The summed E-state index contributed by atoms with van der Waals surface area (Å²) in [4.78, 5) is 0. The fraction of sp³-hybridized carbons (Fsp3) is 0.625. The van der Waals surface area contributed by atoms with Crippen molar-refractivity contribution in [2.24, 2.45) is 5.92 Å². The van der Waals surface area contributed by atoms with Crippen LogP contribution in [-0.2, 0) is 5.33 Å². The molecule has 0 N–H and O–H groups in total. The van der Waals surface area contributed by atoms with Crippen LogP contribution in [0, 0.1) is 5.92 Å². The quantitative estimate of drug-likeness (QED) is 0.565. The summed E-state index contributed by atoms with van der Waals surface area (Å²) in [5, 5.41) is 0.814. The van der Waals surface area contributed by atoms with Crippen molar-refractivity contribution in [1.29, 1.82) is 0 Å². The summed E-state index contributed by atoms with van der Waals surface area (Å²) in [5.41, 5.74) is 1.19. The van der Waals surface area contributed by atoms with Crippen LogP contribution in [0.1, 0.15) is 44.6 Å². The highest BCUT2D eigenvalue weighted by Crippen LogP contribution is 2.38. The average Bonchev–Trinajstić information content (AvgIpc) is 2.47. The highest BCUT2D eigenvalue weighted by molar-refractivity contribution is 9.10. The van der Waals surface area contributed by atoms with Gasteiger partial charge in [-0.2, -0.15) is 0 Å². The molecule has 0 aromatic heterocycles. The molecule has 0 saturated heterocycles. The molecule has 0 atom stereocenters. The van der Waals surface area contributed by atoms with Gasteiger partial charge >= 0.3 is 0 Å². The first kappa shape index (κ1) is 16.2. The van der Waals surface area contributed by atoms with Crippen molar-refractivity contribution in [3.8, 4) is 11.5 Å². The SMILES string of the molecule is CCOc1cc(CBr)cc(Br)c1OCC1CCCCC1. The number of ether oxygens (including phenoxy) is 2. The molecule has 112 valence electrons. The van der Waals surface area contributed by atoms with Crippen LogP contribution >= 0.6 is 31.9 Å². The Kier molecular flexibility index (Phi) is 6.69. The second-order valence-electron chi connectivity index (χ2n) is 5.29. The Hall–Kier alpha value is -0.220. The molecule has 1 aliphatic rings. The summed E-state index contributed by atoms with van der Waals surface area (Å²) in [6.07, 6.45) is 6.65. The van der Waals surface area contributed by atoms with E-state index in [0.29, 0.717) is 12.5 Å². The maximum Gasteiger partial charge on any atom is 0.175 e. The molecule has 1 aromatic rings. The van der Waals surface area contributed by atoms with Crippen molar-refractivity contribution in [2.75, 3.05) is 13.2 Å². The first-order valence-corrected chi connectivity index (χ1v) is 9.30. The zero-order valence-corrected chi connectivity index (χ0v) is 15.1. The standard InChI is InChI=1S/C16H22Br2O2/c1-2-19-15-9-13(10-17)8-14(18)16(15)20-11-12-6-4-3-5-7-12/h8-9,12H,2-7,10-11H2,1H3. The summed E-state index contributed by atoms with van der Waals surface area (Å²) in [6, 6.07) is 4.15. The molecule has 1 aromatic carbocycles. The molecular formula is C16H22Br2O2. The number of hydrogen-bond donors (Lipinski definition) is 0. The van der Waals surface area contributed by atoms with Gasteiger partial charge in [0, 0.05) is 5.33 Å². The fourth-order valence-electron chi connectivity index (χ4n) is 2.66. The molecule has 0 unspecified atom stereocenters. The summed E-state index contributed by atoms with van der Waals surface area (Å²) in [5.74, 6) is 2.38. The predicted octanol–water partition coefficient (Wildman–Crippen LogP) is 5.70. The molecular weight excluding hydrogens is 384 g/mol. The number of benzene rings is 1. The summed E-state index contributed by atoms with van der Waals surface area (Å²) in [6.45, 7) is 3.45.